The standard InChI is InChI=1S/C29H28FNO6/c1-17-27-20(15-31(16-36-27)10-9-18-5-7-21(30)8-6-18)14-22-26(32)23(37-28(17)22)11-19-12-24(33-2)29(35-4)25(13-19)34-3/h5-8,11-14H,9-10,15-16H2,1-4H3/b23-11-. The molecular formula is C29H28FNO6. The van der Waals surface area contributed by atoms with Gasteiger partial charge in [0.05, 0.1) is 26.9 Å². The normalized spacial score (nSPS) is 15.6. The Labute approximate surface area is 215 Å². The lowest BCUT2D eigenvalue weighted by Gasteiger charge is -2.30. The van der Waals surface area contributed by atoms with E-state index < -0.39 is 0 Å². The fraction of sp³-hybridized carbons (Fsp3) is 0.276. The summed E-state index contributed by atoms with van der Waals surface area (Å²) in [7, 11) is 4.62. The van der Waals surface area contributed by atoms with E-state index in [9.17, 15) is 9.18 Å². The van der Waals surface area contributed by atoms with E-state index >= 15 is 0 Å². The van der Waals surface area contributed by atoms with Gasteiger partial charge in [-0.05, 0) is 60.9 Å². The molecule has 0 saturated heterocycles. The molecular weight excluding hydrogens is 477 g/mol. The molecule has 0 bridgehead atoms. The average molecular weight is 506 g/mol. The minimum atomic E-state index is -0.242. The maximum atomic E-state index is 13.3. The van der Waals surface area contributed by atoms with E-state index in [0.717, 1.165) is 35.4 Å². The molecule has 2 heterocycles. The first-order valence-electron chi connectivity index (χ1n) is 11.9. The van der Waals surface area contributed by atoms with Gasteiger partial charge in [-0.25, -0.2) is 4.39 Å². The molecule has 0 fully saturated rings. The van der Waals surface area contributed by atoms with E-state index in [2.05, 4.69) is 4.90 Å². The van der Waals surface area contributed by atoms with Crippen molar-refractivity contribution >= 4 is 11.9 Å². The first-order chi connectivity index (χ1) is 17.9. The van der Waals surface area contributed by atoms with Crippen LogP contribution in [0.4, 0.5) is 4.39 Å². The van der Waals surface area contributed by atoms with Crippen LogP contribution in [-0.4, -0.2) is 45.3 Å². The molecule has 0 atom stereocenters. The van der Waals surface area contributed by atoms with Gasteiger partial charge in [-0.2, -0.15) is 0 Å². The number of methoxy groups -OCH3 is 3. The van der Waals surface area contributed by atoms with Crippen LogP contribution in [0.25, 0.3) is 6.08 Å². The smallest absolute Gasteiger partial charge is 0.231 e. The van der Waals surface area contributed by atoms with Gasteiger partial charge >= 0.3 is 0 Å². The summed E-state index contributed by atoms with van der Waals surface area (Å²) in [6.07, 6.45) is 2.44. The van der Waals surface area contributed by atoms with Crippen LogP contribution in [0.1, 0.15) is 32.6 Å². The highest BCUT2D eigenvalue weighted by molar-refractivity contribution is 6.15. The topological polar surface area (TPSA) is 66.5 Å². The quantitative estimate of drug-likeness (QED) is 0.411. The summed E-state index contributed by atoms with van der Waals surface area (Å²) in [4.78, 5) is 15.5. The summed E-state index contributed by atoms with van der Waals surface area (Å²) in [5, 5.41) is 0. The number of carbonyl (C=O) groups is 1. The largest absolute Gasteiger partial charge is 0.493 e. The average Bonchev–Trinajstić information content (AvgIpc) is 3.22. The van der Waals surface area contributed by atoms with E-state index in [1.54, 1.807) is 30.3 Å². The number of hydrogen-bond acceptors (Lipinski definition) is 7. The molecule has 0 unspecified atom stereocenters. The van der Waals surface area contributed by atoms with Crippen molar-refractivity contribution in [3.63, 3.8) is 0 Å². The Balaban J connectivity index is 1.38. The maximum Gasteiger partial charge on any atom is 0.231 e. The number of rotatable bonds is 7. The zero-order valence-corrected chi connectivity index (χ0v) is 21.2. The van der Waals surface area contributed by atoms with E-state index in [0.29, 0.717) is 47.4 Å². The van der Waals surface area contributed by atoms with E-state index in [-0.39, 0.29) is 17.4 Å². The Morgan fingerprint density at radius 1 is 1.00 bits per heavy atom. The van der Waals surface area contributed by atoms with Crippen molar-refractivity contribution in [2.24, 2.45) is 0 Å². The fourth-order valence-electron chi connectivity index (χ4n) is 4.71. The second-order valence-electron chi connectivity index (χ2n) is 8.97. The number of hydrogen-bond donors (Lipinski definition) is 0. The van der Waals surface area contributed by atoms with Crippen LogP contribution in [0.5, 0.6) is 28.7 Å². The third kappa shape index (κ3) is 4.72. The molecule has 0 spiro atoms. The van der Waals surface area contributed by atoms with Crippen molar-refractivity contribution in [3.8, 4) is 28.7 Å². The molecule has 0 amide bonds. The monoisotopic (exact) mass is 505 g/mol. The summed E-state index contributed by atoms with van der Waals surface area (Å²) in [5.41, 5.74) is 3.98. The van der Waals surface area contributed by atoms with Gasteiger partial charge in [0.25, 0.3) is 0 Å². The number of fused-ring (bicyclic) bond motifs is 2. The molecule has 7 nitrogen and oxygen atoms in total. The number of halogens is 1. The molecule has 8 heteroatoms. The number of allylic oxidation sites excluding steroid dienone is 1. The first kappa shape index (κ1) is 24.6. The second-order valence-corrected chi connectivity index (χ2v) is 8.97. The van der Waals surface area contributed by atoms with Gasteiger partial charge in [-0.3, -0.25) is 9.69 Å². The second kappa shape index (κ2) is 10.1. The van der Waals surface area contributed by atoms with Crippen molar-refractivity contribution in [2.75, 3.05) is 34.6 Å². The van der Waals surface area contributed by atoms with E-state index in [4.69, 9.17) is 23.7 Å². The minimum absolute atomic E-state index is 0.196. The van der Waals surface area contributed by atoms with Crippen molar-refractivity contribution in [2.45, 2.75) is 19.9 Å². The van der Waals surface area contributed by atoms with Crippen molar-refractivity contribution in [3.05, 3.63) is 81.9 Å². The highest BCUT2D eigenvalue weighted by Gasteiger charge is 2.33. The molecule has 0 aliphatic carbocycles. The van der Waals surface area contributed by atoms with Gasteiger partial charge in [0, 0.05) is 24.2 Å². The van der Waals surface area contributed by atoms with E-state index in [1.807, 2.05) is 13.0 Å². The highest BCUT2D eigenvalue weighted by Crippen LogP contribution is 2.44. The molecule has 0 aromatic heterocycles. The van der Waals surface area contributed by atoms with Gasteiger partial charge in [0.2, 0.25) is 11.5 Å². The zero-order valence-electron chi connectivity index (χ0n) is 21.2. The lowest BCUT2D eigenvalue weighted by atomic mass is 9.99. The van der Waals surface area contributed by atoms with Gasteiger partial charge < -0.3 is 23.7 Å². The van der Waals surface area contributed by atoms with Crippen LogP contribution in [-0.2, 0) is 13.0 Å². The van der Waals surface area contributed by atoms with Crippen molar-refractivity contribution in [1.29, 1.82) is 0 Å². The first-order valence-corrected chi connectivity index (χ1v) is 11.9. The number of ketones is 1. The van der Waals surface area contributed by atoms with Crippen molar-refractivity contribution in [1.82, 2.24) is 4.90 Å². The fourth-order valence-corrected chi connectivity index (χ4v) is 4.71. The number of carbonyl (C=O) groups excluding carboxylic acids is 1. The molecule has 5 rings (SSSR count). The number of benzene rings is 3. The predicted molar refractivity (Wildman–Crippen MR) is 136 cm³/mol. The molecule has 192 valence electrons. The molecule has 0 radical (unpaired) electrons. The Morgan fingerprint density at radius 2 is 1.70 bits per heavy atom. The molecule has 37 heavy (non-hydrogen) atoms. The molecule has 0 saturated carbocycles. The molecule has 3 aromatic rings. The summed E-state index contributed by atoms with van der Waals surface area (Å²) < 4.78 is 41.5. The molecule has 2 aliphatic rings. The Kier molecular flexibility index (Phi) is 6.76. The molecule has 2 aliphatic heterocycles. The van der Waals surface area contributed by atoms with Crippen LogP contribution in [0.15, 0.2) is 48.2 Å². The van der Waals surface area contributed by atoms with Gasteiger partial charge in [0.15, 0.2) is 17.3 Å². The van der Waals surface area contributed by atoms with Crippen LogP contribution < -0.4 is 23.7 Å². The zero-order chi connectivity index (χ0) is 26.1. The Bertz CT molecular complexity index is 1360. The van der Waals surface area contributed by atoms with Crippen LogP contribution in [0.2, 0.25) is 0 Å². The van der Waals surface area contributed by atoms with Crippen LogP contribution in [0, 0.1) is 12.7 Å². The van der Waals surface area contributed by atoms with Gasteiger partial charge in [-0.15, -0.1) is 0 Å². The third-order valence-corrected chi connectivity index (χ3v) is 6.62. The maximum absolute atomic E-state index is 13.3. The molecule has 3 aromatic carbocycles. The molecule has 0 N–H and O–H groups in total. The van der Waals surface area contributed by atoms with Gasteiger partial charge in [0.1, 0.15) is 24.0 Å². The summed E-state index contributed by atoms with van der Waals surface area (Å²) in [6.45, 7) is 3.72. The van der Waals surface area contributed by atoms with E-state index in [1.165, 1.54) is 33.5 Å². The summed E-state index contributed by atoms with van der Waals surface area (Å²) in [5.74, 6) is 2.48. The van der Waals surface area contributed by atoms with Gasteiger partial charge in [-0.1, -0.05) is 12.1 Å². The van der Waals surface area contributed by atoms with Crippen LogP contribution in [0.3, 0.4) is 0 Å². The highest BCUT2D eigenvalue weighted by atomic mass is 19.1. The minimum Gasteiger partial charge on any atom is -0.493 e. The predicted octanol–water partition coefficient (Wildman–Crippen LogP) is 5.17. The van der Waals surface area contributed by atoms with Crippen molar-refractivity contribution < 1.29 is 32.9 Å². The Morgan fingerprint density at radius 3 is 2.35 bits per heavy atom. The summed E-state index contributed by atoms with van der Waals surface area (Å²) in [6, 6.07) is 11.9. The SMILES string of the molecule is COc1cc(/C=C2\Oc3c(cc4c(c3C)OCN(CCc3ccc(F)cc3)C4)C2=O)cc(OC)c1OC. The Hall–Kier alpha value is -4.04. The summed E-state index contributed by atoms with van der Waals surface area (Å²) >= 11 is 0. The van der Waals surface area contributed by atoms with Crippen LogP contribution >= 0.6 is 0 Å². The number of ether oxygens (including phenoxy) is 5. The lowest BCUT2D eigenvalue weighted by molar-refractivity contribution is 0.0954. The number of Topliss-reactive ketones (excluding diaryl/α,β-unsaturated/α-hetero) is 1. The number of nitrogens with zero attached hydrogens (tertiary/aromatic N) is 1. The third-order valence-electron chi connectivity index (χ3n) is 6.62. The lowest BCUT2D eigenvalue weighted by Crippen LogP contribution is -2.34.